The van der Waals surface area contributed by atoms with Crippen molar-refractivity contribution in [3.8, 4) is 0 Å². The van der Waals surface area contributed by atoms with Crippen LogP contribution in [0, 0.1) is 0 Å². The molecule has 0 spiro atoms. The minimum absolute atomic E-state index is 0.134. The maximum atomic E-state index is 12.9. The second-order valence-electron chi connectivity index (χ2n) is 6.45. The molecule has 1 saturated heterocycles. The molecule has 6 heteroatoms. The largest absolute Gasteiger partial charge is 0.355 e. The number of hydrogen-bond donors (Lipinski definition) is 2. The standard InChI is InChI=1S/C19H20N4O2/c24-17-12-14(13-6-1-2-7-15(13)21-17)19(25)22-16-8-5-9-20-18(16)23-10-3-4-11-23/h1-2,5-9,14H,3-4,10-12H2,(H,21,24)(H,22,25)/t14-/m1/s1. The van der Waals surface area contributed by atoms with E-state index >= 15 is 0 Å². The predicted octanol–water partition coefficient (Wildman–Crippen LogP) is 2.75. The Morgan fingerprint density at radius 1 is 1.16 bits per heavy atom. The summed E-state index contributed by atoms with van der Waals surface area (Å²) in [6.45, 7) is 1.91. The molecule has 25 heavy (non-hydrogen) atoms. The molecule has 0 saturated carbocycles. The summed E-state index contributed by atoms with van der Waals surface area (Å²) in [5, 5.41) is 5.82. The first-order chi connectivity index (χ1) is 12.2. The molecule has 0 bridgehead atoms. The fraction of sp³-hybridized carbons (Fsp3) is 0.316. The molecule has 3 heterocycles. The molecule has 2 amide bonds. The summed E-state index contributed by atoms with van der Waals surface area (Å²) in [5.74, 6) is 0.0130. The summed E-state index contributed by atoms with van der Waals surface area (Å²) in [4.78, 5) is 31.5. The molecule has 1 atom stereocenters. The van der Waals surface area contributed by atoms with Crippen molar-refractivity contribution >= 4 is 29.0 Å². The second-order valence-corrected chi connectivity index (χ2v) is 6.45. The van der Waals surface area contributed by atoms with E-state index in [1.807, 2.05) is 36.4 Å². The summed E-state index contributed by atoms with van der Waals surface area (Å²) < 4.78 is 0. The third-order valence-electron chi connectivity index (χ3n) is 4.77. The van der Waals surface area contributed by atoms with Crippen LogP contribution in [-0.2, 0) is 9.59 Å². The van der Waals surface area contributed by atoms with Crippen molar-refractivity contribution in [2.24, 2.45) is 0 Å². The summed E-state index contributed by atoms with van der Waals surface area (Å²) in [6.07, 6.45) is 4.18. The van der Waals surface area contributed by atoms with E-state index in [0.717, 1.165) is 37.3 Å². The summed E-state index contributed by atoms with van der Waals surface area (Å²) >= 11 is 0. The molecule has 0 radical (unpaired) electrons. The lowest BCUT2D eigenvalue weighted by molar-refractivity contribution is -0.123. The molecule has 4 rings (SSSR count). The third kappa shape index (κ3) is 3.07. The van der Waals surface area contributed by atoms with Gasteiger partial charge in [0, 0.05) is 31.4 Å². The SMILES string of the molecule is O=C1C[C@@H](C(=O)Nc2cccnc2N2CCCC2)c2ccccc2N1. The Labute approximate surface area is 146 Å². The molecule has 1 aromatic carbocycles. The van der Waals surface area contributed by atoms with Crippen molar-refractivity contribution in [2.45, 2.75) is 25.2 Å². The van der Waals surface area contributed by atoms with Gasteiger partial charge in [0.1, 0.15) is 0 Å². The van der Waals surface area contributed by atoms with Gasteiger partial charge in [-0.15, -0.1) is 0 Å². The average Bonchev–Trinajstić information content (AvgIpc) is 3.16. The molecular formula is C19H20N4O2. The van der Waals surface area contributed by atoms with E-state index in [9.17, 15) is 9.59 Å². The Bertz CT molecular complexity index is 815. The molecule has 1 aromatic heterocycles. The zero-order valence-corrected chi connectivity index (χ0v) is 13.9. The lowest BCUT2D eigenvalue weighted by Gasteiger charge is -2.26. The molecule has 0 unspecified atom stereocenters. The van der Waals surface area contributed by atoms with Crippen LogP contribution in [0.25, 0.3) is 0 Å². The van der Waals surface area contributed by atoms with E-state index in [2.05, 4.69) is 20.5 Å². The molecule has 128 valence electrons. The number of aromatic nitrogens is 1. The molecular weight excluding hydrogens is 316 g/mol. The van der Waals surface area contributed by atoms with E-state index in [1.54, 1.807) is 6.20 Å². The fourth-order valence-corrected chi connectivity index (χ4v) is 3.54. The van der Waals surface area contributed by atoms with Gasteiger partial charge >= 0.3 is 0 Å². The number of benzene rings is 1. The molecule has 6 nitrogen and oxygen atoms in total. The molecule has 2 N–H and O–H groups in total. The molecule has 2 aromatic rings. The first-order valence-electron chi connectivity index (χ1n) is 8.62. The molecule has 0 aliphatic carbocycles. The van der Waals surface area contributed by atoms with E-state index < -0.39 is 5.92 Å². The number of nitrogens with one attached hydrogen (secondary N) is 2. The Hall–Kier alpha value is -2.89. The number of carbonyl (C=O) groups is 2. The van der Waals surface area contributed by atoms with Gasteiger partial charge in [-0.1, -0.05) is 18.2 Å². The minimum Gasteiger partial charge on any atom is -0.355 e. The molecule has 2 aliphatic rings. The lowest BCUT2D eigenvalue weighted by Crippen LogP contribution is -2.31. The van der Waals surface area contributed by atoms with E-state index in [0.29, 0.717) is 11.4 Å². The van der Waals surface area contributed by atoms with Crippen molar-refractivity contribution < 1.29 is 9.59 Å². The van der Waals surface area contributed by atoms with Crippen molar-refractivity contribution in [2.75, 3.05) is 28.6 Å². The van der Waals surface area contributed by atoms with Crippen molar-refractivity contribution in [3.05, 3.63) is 48.2 Å². The van der Waals surface area contributed by atoms with Gasteiger partial charge < -0.3 is 15.5 Å². The topological polar surface area (TPSA) is 74.3 Å². The van der Waals surface area contributed by atoms with E-state index in [1.165, 1.54) is 0 Å². The van der Waals surface area contributed by atoms with Crippen LogP contribution in [0.4, 0.5) is 17.2 Å². The van der Waals surface area contributed by atoms with Gasteiger partial charge in [0.25, 0.3) is 0 Å². The van der Waals surface area contributed by atoms with E-state index in [4.69, 9.17) is 0 Å². The highest BCUT2D eigenvalue weighted by Gasteiger charge is 2.31. The van der Waals surface area contributed by atoms with Crippen LogP contribution < -0.4 is 15.5 Å². The van der Waals surface area contributed by atoms with Crippen LogP contribution in [0.2, 0.25) is 0 Å². The van der Waals surface area contributed by atoms with Crippen molar-refractivity contribution in [1.82, 2.24) is 4.98 Å². The lowest BCUT2D eigenvalue weighted by atomic mass is 9.90. The van der Waals surface area contributed by atoms with Gasteiger partial charge in [0.05, 0.1) is 11.6 Å². The van der Waals surface area contributed by atoms with E-state index in [-0.39, 0.29) is 18.2 Å². The number of carbonyl (C=O) groups excluding carboxylic acids is 2. The highest BCUT2D eigenvalue weighted by atomic mass is 16.2. The number of anilines is 3. The zero-order valence-electron chi connectivity index (χ0n) is 13.9. The summed E-state index contributed by atoms with van der Waals surface area (Å²) in [5.41, 5.74) is 2.27. The zero-order chi connectivity index (χ0) is 17.2. The van der Waals surface area contributed by atoms with Crippen LogP contribution >= 0.6 is 0 Å². The third-order valence-corrected chi connectivity index (χ3v) is 4.77. The second kappa shape index (κ2) is 6.55. The van der Waals surface area contributed by atoms with Gasteiger partial charge in [-0.25, -0.2) is 4.98 Å². The van der Waals surface area contributed by atoms with Gasteiger partial charge in [-0.3, -0.25) is 9.59 Å². The Kier molecular flexibility index (Phi) is 4.09. The Morgan fingerprint density at radius 2 is 1.96 bits per heavy atom. The van der Waals surface area contributed by atoms with Crippen molar-refractivity contribution in [3.63, 3.8) is 0 Å². The average molecular weight is 336 g/mol. The highest BCUT2D eigenvalue weighted by Crippen LogP contribution is 2.34. The quantitative estimate of drug-likeness (QED) is 0.904. The first kappa shape index (κ1) is 15.6. The van der Waals surface area contributed by atoms with Crippen LogP contribution in [0.15, 0.2) is 42.6 Å². The van der Waals surface area contributed by atoms with Crippen LogP contribution in [-0.4, -0.2) is 29.9 Å². The van der Waals surface area contributed by atoms with Crippen LogP contribution in [0.3, 0.4) is 0 Å². The molecule has 1 fully saturated rings. The summed E-state index contributed by atoms with van der Waals surface area (Å²) in [7, 11) is 0. The number of amides is 2. The Balaban J connectivity index is 1.60. The van der Waals surface area contributed by atoms with Crippen molar-refractivity contribution in [1.29, 1.82) is 0 Å². The number of rotatable bonds is 3. The predicted molar refractivity (Wildman–Crippen MR) is 96.7 cm³/mol. The fourth-order valence-electron chi connectivity index (χ4n) is 3.54. The highest BCUT2D eigenvalue weighted by molar-refractivity contribution is 6.05. The number of fused-ring (bicyclic) bond motifs is 1. The first-order valence-corrected chi connectivity index (χ1v) is 8.62. The molecule has 2 aliphatic heterocycles. The normalized spacial score (nSPS) is 19.3. The monoisotopic (exact) mass is 336 g/mol. The number of pyridine rings is 1. The van der Waals surface area contributed by atoms with Gasteiger partial charge in [0.15, 0.2) is 5.82 Å². The maximum absolute atomic E-state index is 12.9. The number of hydrogen-bond acceptors (Lipinski definition) is 4. The van der Waals surface area contributed by atoms with Gasteiger partial charge in [0.2, 0.25) is 11.8 Å². The van der Waals surface area contributed by atoms with Crippen LogP contribution in [0.5, 0.6) is 0 Å². The number of para-hydroxylation sites is 1. The smallest absolute Gasteiger partial charge is 0.232 e. The van der Waals surface area contributed by atoms with Gasteiger partial charge in [-0.05, 0) is 36.6 Å². The Morgan fingerprint density at radius 3 is 2.80 bits per heavy atom. The maximum Gasteiger partial charge on any atom is 0.232 e. The van der Waals surface area contributed by atoms with Gasteiger partial charge in [-0.2, -0.15) is 0 Å². The minimum atomic E-state index is -0.489. The number of nitrogens with zero attached hydrogens (tertiary/aromatic N) is 2. The summed E-state index contributed by atoms with van der Waals surface area (Å²) in [6, 6.07) is 11.1. The van der Waals surface area contributed by atoms with Crippen LogP contribution in [0.1, 0.15) is 30.7 Å².